The number of carbonyl (C=O) groups is 1. The molecule has 0 N–H and O–H groups in total. The molecule has 1 atom stereocenters. The monoisotopic (exact) mass is 334 g/mol. The van der Waals surface area contributed by atoms with Crippen LogP contribution in [0.1, 0.15) is 41.5 Å². The molecule has 0 bridgehead atoms. The number of hydrogen-bond donors (Lipinski definition) is 0. The lowest BCUT2D eigenvalue weighted by Gasteiger charge is -2.36. The van der Waals surface area contributed by atoms with Crippen molar-refractivity contribution in [2.24, 2.45) is 5.41 Å². The molecule has 0 aliphatic carbocycles. The summed E-state index contributed by atoms with van der Waals surface area (Å²) in [6.45, 7) is 12.7. The molecular formula is C19H30N2OS. The zero-order valence-electron chi connectivity index (χ0n) is 15.6. The molecule has 0 spiro atoms. The van der Waals surface area contributed by atoms with Crippen LogP contribution in [-0.2, 0) is 4.79 Å². The third-order valence-corrected chi connectivity index (χ3v) is 5.52. The van der Waals surface area contributed by atoms with Crippen LogP contribution in [0.5, 0.6) is 0 Å². The van der Waals surface area contributed by atoms with E-state index in [1.165, 1.54) is 22.3 Å². The molecule has 1 aliphatic heterocycles. The van der Waals surface area contributed by atoms with Crippen LogP contribution in [0, 0.1) is 26.2 Å². The van der Waals surface area contributed by atoms with E-state index in [1.807, 2.05) is 0 Å². The maximum atomic E-state index is 12.5. The quantitative estimate of drug-likeness (QED) is 0.819. The SMILES string of the molecule is Cc1cc(C)c(C2SCC(=O)N2CC(C)(C)CN(C)C)c(C)c1. The van der Waals surface area contributed by atoms with Crippen LogP contribution < -0.4 is 0 Å². The third-order valence-electron chi connectivity index (χ3n) is 4.30. The van der Waals surface area contributed by atoms with Crippen molar-refractivity contribution in [3.8, 4) is 0 Å². The van der Waals surface area contributed by atoms with Crippen molar-refractivity contribution in [3.05, 3.63) is 34.4 Å². The van der Waals surface area contributed by atoms with Gasteiger partial charge in [-0.2, -0.15) is 0 Å². The molecular weight excluding hydrogens is 304 g/mol. The van der Waals surface area contributed by atoms with E-state index in [-0.39, 0.29) is 16.7 Å². The van der Waals surface area contributed by atoms with Crippen molar-refractivity contribution in [2.45, 2.75) is 40.0 Å². The average Bonchev–Trinajstić information content (AvgIpc) is 2.68. The van der Waals surface area contributed by atoms with Gasteiger partial charge in [0.1, 0.15) is 5.37 Å². The van der Waals surface area contributed by atoms with Crippen LogP contribution in [0.2, 0.25) is 0 Å². The molecule has 0 aromatic heterocycles. The van der Waals surface area contributed by atoms with Crippen LogP contribution in [-0.4, -0.2) is 48.6 Å². The Kier molecular flexibility index (Phi) is 5.47. The Bertz CT molecular complexity index is 572. The zero-order valence-corrected chi connectivity index (χ0v) is 16.4. The van der Waals surface area contributed by atoms with Crippen LogP contribution in [0.25, 0.3) is 0 Å². The maximum Gasteiger partial charge on any atom is 0.233 e. The number of aryl methyl sites for hydroxylation is 3. The predicted octanol–water partition coefficient (Wildman–Crippen LogP) is 3.77. The van der Waals surface area contributed by atoms with Gasteiger partial charge in [0.2, 0.25) is 5.91 Å². The Morgan fingerprint density at radius 3 is 2.30 bits per heavy atom. The molecule has 3 nitrogen and oxygen atoms in total. The molecule has 23 heavy (non-hydrogen) atoms. The standard InChI is InChI=1S/C19H30N2OS/c1-13-8-14(2)17(15(3)9-13)18-21(16(22)10-23-18)12-19(4,5)11-20(6)7/h8-9,18H,10-12H2,1-7H3. The van der Waals surface area contributed by atoms with E-state index < -0.39 is 0 Å². The van der Waals surface area contributed by atoms with Gasteiger partial charge >= 0.3 is 0 Å². The second-order valence-corrected chi connectivity index (χ2v) is 8.97. The molecule has 1 aromatic carbocycles. The van der Waals surface area contributed by atoms with E-state index in [9.17, 15) is 4.79 Å². The van der Waals surface area contributed by atoms with E-state index >= 15 is 0 Å². The second kappa shape index (κ2) is 6.86. The summed E-state index contributed by atoms with van der Waals surface area (Å²) in [5.74, 6) is 0.862. The first-order valence-electron chi connectivity index (χ1n) is 8.24. The minimum absolute atomic E-state index is 0.0782. The van der Waals surface area contributed by atoms with Crippen LogP contribution in [0.15, 0.2) is 12.1 Å². The summed E-state index contributed by atoms with van der Waals surface area (Å²) in [5.41, 5.74) is 5.29. The van der Waals surface area contributed by atoms with Crippen molar-refractivity contribution in [2.75, 3.05) is 32.9 Å². The Hall–Kier alpha value is -1.00. The van der Waals surface area contributed by atoms with Crippen LogP contribution in [0.3, 0.4) is 0 Å². The maximum absolute atomic E-state index is 12.5. The summed E-state index contributed by atoms with van der Waals surface area (Å²) < 4.78 is 0. The van der Waals surface area contributed by atoms with E-state index in [2.05, 4.69) is 70.6 Å². The topological polar surface area (TPSA) is 23.6 Å². The number of benzene rings is 1. The lowest BCUT2D eigenvalue weighted by Crippen LogP contribution is -2.42. The van der Waals surface area contributed by atoms with E-state index in [0.717, 1.165) is 13.1 Å². The summed E-state index contributed by atoms with van der Waals surface area (Å²) in [7, 11) is 4.18. The first kappa shape index (κ1) is 18.3. The highest BCUT2D eigenvalue weighted by Crippen LogP contribution is 2.43. The highest BCUT2D eigenvalue weighted by molar-refractivity contribution is 8.00. The second-order valence-electron chi connectivity index (χ2n) is 7.90. The summed E-state index contributed by atoms with van der Waals surface area (Å²) in [6, 6.07) is 4.46. The summed E-state index contributed by atoms with van der Waals surface area (Å²) in [6.07, 6.45) is 0. The van der Waals surface area contributed by atoms with Crippen molar-refractivity contribution in [1.82, 2.24) is 9.80 Å². The predicted molar refractivity (Wildman–Crippen MR) is 99.9 cm³/mol. The highest BCUT2D eigenvalue weighted by Gasteiger charge is 2.37. The lowest BCUT2D eigenvalue weighted by molar-refractivity contribution is -0.129. The van der Waals surface area contributed by atoms with Gasteiger partial charge in [-0.15, -0.1) is 11.8 Å². The van der Waals surface area contributed by atoms with Gasteiger partial charge in [-0.25, -0.2) is 0 Å². The Balaban J connectivity index is 2.30. The van der Waals surface area contributed by atoms with Crippen LogP contribution in [0.4, 0.5) is 0 Å². The van der Waals surface area contributed by atoms with Crippen molar-refractivity contribution in [1.29, 1.82) is 0 Å². The van der Waals surface area contributed by atoms with E-state index in [1.54, 1.807) is 11.8 Å². The lowest BCUT2D eigenvalue weighted by atomic mass is 9.91. The molecule has 1 aromatic rings. The van der Waals surface area contributed by atoms with Crippen LogP contribution >= 0.6 is 11.8 Å². The zero-order chi connectivity index (χ0) is 17.4. The van der Waals surface area contributed by atoms with Gasteiger partial charge in [-0.05, 0) is 57.0 Å². The fourth-order valence-electron chi connectivity index (χ4n) is 3.81. The minimum Gasteiger partial charge on any atom is -0.325 e. The molecule has 4 heteroatoms. The largest absolute Gasteiger partial charge is 0.325 e. The normalized spacial score (nSPS) is 19.0. The molecule has 128 valence electrons. The van der Waals surface area contributed by atoms with Gasteiger partial charge < -0.3 is 9.80 Å². The van der Waals surface area contributed by atoms with Gasteiger partial charge in [0.05, 0.1) is 5.75 Å². The van der Waals surface area contributed by atoms with Crippen molar-refractivity contribution in [3.63, 3.8) is 0 Å². The molecule has 1 fully saturated rings. The molecule has 1 unspecified atom stereocenters. The number of carbonyl (C=O) groups excluding carboxylic acids is 1. The molecule has 2 rings (SSSR count). The summed E-state index contributed by atoms with van der Waals surface area (Å²) in [5, 5.41) is 0.157. The first-order valence-corrected chi connectivity index (χ1v) is 9.29. The van der Waals surface area contributed by atoms with Crippen molar-refractivity contribution < 1.29 is 4.79 Å². The fraction of sp³-hybridized carbons (Fsp3) is 0.632. The number of amides is 1. The molecule has 1 heterocycles. The number of hydrogen-bond acceptors (Lipinski definition) is 3. The number of thioether (sulfide) groups is 1. The molecule has 1 aliphatic rings. The van der Waals surface area contributed by atoms with E-state index in [4.69, 9.17) is 0 Å². The third kappa shape index (κ3) is 4.30. The van der Waals surface area contributed by atoms with Gasteiger partial charge in [-0.1, -0.05) is 31.5 Å². The molecule has 1 saturated heterocycles. The molecule has 0 saturated carbocycles. The number of rotatable bonds is 5. The van der Waals surface area contributed by atoms with Gasteiger partial charge in [0, 0.05) is 13.1 Å². The van der Waals surface area contributed by atoms with Gasteiger partial charge in [-0.3, -0.25) is 4.79 Å². The van der Waals surface area contributed by atoms with E-state index in [0.29, 0.717) is 5.75 Å². The Labute approximate surface area is 145 Å². The Morgan fingerprint density at radius 2 is 1.78 bits per heavy atom. The summed E-state index contributed by atoms with van der Waals surface area (Å²) >= 11 is 1.77. The summed E-state index contributed by atoms with van der Waals surface area (Å²) in [4.78, 5) is 16.8. The van der Waals surface area contributed by atoms with Gasteiger partial charge in [0.25, 0.3) is 0 Å². The number of nitrogens with zero attached hydrogens (tertiary/aromatic N) is 2. The Morgan fingerprint density at radius 1 is 1.22 bits per heavy atom. The van der Waals surface area contributed by atoms with Gasteiger partial charge in [0.15, 0.2) is 0 Å². The first-order chi connectivity index (χ1) is 10.6. The molecule has 1 amide bonds. The highest BCUT2D eigenvalue weighted by atomic mass is 32.2. The average molecular weight is 335 g/mol. The minimum atomic E-state index is 0.0782. The molecule has 0 radical (unpaired) electrons. The van der Waals surface area contributed by atoms with Crippen molar-refractivity contribution >= 4 is 17.7 Å². The fourth-order valence-corrected chi connectivity index (χ4v) is 5.19. The smallest absolute Gasteiger partial charge is 0.233 e.